The topological polar surface area (TPSA) is 66.9 Å². The summed E-state index contributed by atoms with van der Waals surface area (Å²) in [5.74, 6) is 0.402. The minimum absolute atomic E-state index is 0.0648. The molecule has 0 amide bonds. The van der Waals surface area contributed by atoms with Crippen molar-refractivity contribution < 1.29 is 17.9 Å². The van der Waals surface area contributed by atoms with Crippen molar-refractivity contribution in [3.8, 4) is 0 Å². The molecule has 1 aliphatic heterocycles. The molecule has 0 N–H and O–H groups in total. The maximum Gasteiger partial charge on any atom is 0.215 e. The standard InChI is InChI=1S/C22H32N2O4S/c1-21(2)18-8-9-22(21,20(25)14-18)16-29(26,27)23(3)15-17-4-6-19(7-5-17)24-10-12-28-13-11-24/h4-7,18H,8-16H2,1-3H3. The highest BCUT2D eigenvalue weighted by atomic mass is 32.2. The van der Waals surface area contributed by atoms with Crippen LogP contribution in [0.25, 0.3) is 0 Å². The molecule has 4 rings (SSSR count). The van der Waals surface area contributed by atoms with Gasteiger partial charge in [-0.1, -0.05) is 26.0 Å². The number of sulfonamides is 1. The van der Waals surface area contributed by atoms with E-state index in [9.17, 15) is 13.2 Å². The molecule has 7 heteroatoms. The van der Waals surface area contributed by atoms with E-state index in [1.165, 1.54) is 4.31 Å². The zero-order chi connectivity index (χ0) is 20.9. The Balaban J connectivity index is 1.45. The molecule has 29 heavy (non-hydrogen) atoms. The van der Waals surface area contributed by atoms with Gasteiger partial charge in [-0.2, -0.15) is 0 Å². The maximum atomic E-state index is 13.2. The largest absolute Gasteiger partial charge is 0.378 e. The van der Waals surface area contributed by atoms with Crippen LogP contribution in [0.3, 0.4) is 0 Å². The van der Waals surface area contributed by atoms with Gasteiger partial charge in [0.25, 0.3) is 0 Å². The molecule has 6 nitrogen and oxygen atoms in total. The number of Topliss-reactive ketones (excluding diaryl/α,β-unsaturated/α-hetero) is 1. The molecule has 0 spiro atoms. The molecule has 1 aromatic rings. The number of fused-ring (bicyclic) bond motifs is 2. The number of benzene rings is 1. The van der Waals surface area contributed by atoms with Gasteiger partial charge in [0.2, 0.25) is 10.0 Å². The van der Waals surface area contributed by atoms with Gasteiger partial charge in [0, 0.05) is 44.2 Å². The van der Waals surface area contributed by atoms with Crippen molar-refractivity contribution in [1.82, 2.24) is 4.31 Å². The third-order valence-electron chi connectivity index (χ3n) is 7.76. The lowest BCUT2D eigenvalue weighted by Crippen LogP contribution is -2.45. The Kier molecular flexibility index (Phi) is 5.28. The molecule has 0 aromatic heterocycles. The minimum Gasteiger partial charge on any atom is -0.378 e. The molecule has 160 valence electrons. The van der Waals surface area contributed by atoms with Crippen LogP contribution < -0.4 is 4.90 Å². The van der Waals surface area contributed by atoms with E-state index in [1.54, 1.807) is 7.05 Å². The predicted molar refractivity (Wildman–Crippen MR) is 113 cm³/mol. The van der Waals surface area contributed by atoms with Crippen molar-refractivity contribution >= 4 is 21.5 Å². The Morgan fingerprint density at radius 2 is 1.83 bits per heavy atom. The molecule has 1 saturated heterocycles. The van der Waals surface area contributed by atoms with Crippen LogP contribution in [0.2, 0.25) is 0 Å². The van der Waals surface area contributed by atoms with Gasteiger partial charge >= 0.3 is 0 Å². The number of hydrogen-bond acceptors (Lipinski definition) is 5. The second kappa shape index (κ2) is 7.36. The fourth-order valence-corrected chi connectivity index (χ4v) is 7.39. The number of anilines is 1. The SMILES string of the molecule is CN(Cc1ccc(N2CCOCC2)cc1)S(=O)(=O)CC12CCC(CC1=O)C2(C)C. The lowest BCUT2D eigenvalue weighted by Gasteiger charge is -2.37. The summed E-state index contributed by atoms with van der Waals surface area (Å²) < 4.78 is 33.2. The van der Waals surface area contributed by atoms with Crippen molar-refractivity contribution in [3.05, 3.63) is 29.8 Å². The van der Waals surface area contributed by atoms with Gasteiger partial charge in [0.1, 0.15) is 5.78 Å². The van der Waals surface area contributed by atoms with Crippen molar-refractivity contribution in [2.45, 2.75) is 39.7 Å². The zero-order valence-corrected chi connectivity index (χ0v) is 18.5. The number of rotatable bonds is 6. The summed E-state index contributed by atoms with van der Waals surface area (Å²) in [7, 11) is -1.91. The van der Waals surface area contributed by atoms with Crippen LogP contribution in [0.5, 0.6) is 0 Å². The van der Waals surface area contributed by atoms with Gasteiger partial charge in [-0.25, -0.2) is 12.7 Å². The highest BCUT2D eigenvalue weighted by Crippen LogP contribution is 2.64. The molecule has 1 aromatic carbocycles. The molecule has 2 saturated carbocycles. The van der Waals surface area contributed by atoms with Crippen LogP contribution in [-0.4, -0.2) is 57.6 Å². The number of ether oxygens (including phenoxy) is 1. The lowest BCUT2D eigenvalue weighted by atomic mass is 9.70. The molecule has 2 unspecified atom stereocenters. The van der Waals surface area contributed by atoms with Crippen LogP contribution >= 0.6 is 0 Å². The average molecular weight is 421 g/mol. The van der Waals surface area contributed by atoms with E-state index in [1.807, 2.05) is 24.3 Å². The Bertz CT molecular complexity index is 875. The quantitative estimate of drug-likeness (QED) is 0.708. The predicted octanol–water partition coefficient (Wildman–Crippen LogP) is 2.68. The normalized spacial score (nSPS) is 29.0. The van der Waals surface area contributed by atoms with Gasteiger partial charge in [-0.3, -0.25) is 4.79 Å². The van der Waals surface area contributed by atoms with Crippen LogP contribution in [0.1, 0.15) is 38.7 Å². The minimum atomic E-state index is -3.53. The monoisotopic (exact) mass is 420 g/mol. The Labute approximate surface area is 174 Å². The van der Waals surface area contributed by atoms with E-state index in [-0.39, 0.29) is 17.0 Å². The summed E-state index contributed by atoms with van der Waals surface area (Å²) in [6.07, 6.45) is 2.20. The number of carbonyl (C=O) groups excluding carboxylic acids is 1. The fraction of sp³-hybridized carbons (Fsp3) is 0.682. The first kappa shape index (κ1) is 20.8. The van der Waals surface area contributed by atoms with Gasteiger partial charge < -0.3 is 9.64 Å². The highest BCUT2D eigenvalue weighted by Gasteiger charge is 2.65. The summed E-state index contributed by atoms with van der Waals surface area (Å²) in [4.78, 5) is 15.0. The smallest absolute Gasteiger partial charge is 0.215 e. The first-order valence-corrected chi connectivity index (χ1v) is 12.2. The summed E-state index contributed by atoms with van der Waals surface area (Å²) in [6.45, 7) is 7.70. The highest BCUT2D eigenvalue weighted by molar-refractivity contribution is 7.89. The summed E-state index contributed by atoms with van der Waals surface area (Å²) in [5.41, 5.74) is 1.13. The third kappa shape index (κ3) is 3.51. The molecule has 0 radical (unpaired) electrons. The van der Waals surface area contributed by atoms with Gasteiger partial charge in [0.05, 0.1) is 19.0 Å². The summed E-state index contributed by atoms with van der Waals surface area (Å²) >= 11 is 0. The average Bonchev–Trinajstić information content (AvgIpc) is 3.03. The van der Waals surface area contributed by atoms with Crippen molar-refractivity contribution in [2.75, 3.05) is 44.0 Å². The molecule has 2 aliphatic carbocycles. The van der Waals surface area contributed by atoms with Crippen molar-refractivity contribution in [3.63, 3.8) is 0 Å². The number of ketones is 1. The molecule has 3 fully saturated rings. The summed E-state index contributed by atoms with van der Waals surface area (Å²) in [6, 6.07) is 8.08. The molecular formula is C22H32N2O4S. The fourth-order valence-electron chi connectivity index (χ4n) is 5.52. The number of carbonyl (C=O) groups is 1. The van der Waals surface area contributed by atoms with Gasteiger partial charge in [0.15, 0.2) is 0 Å². The van der Waals surface area contributed by atoms with Gasteiger partial charge in [-0.05, 0) is 41.9 Å². The first-order valence-electron chi connectivity index (χ1n) is 10.5. The van der Waals surface area contributed by atoms with E-state index in [0.717, 1.165) is 44.0 Å². The second-order valence-corrected chi connectivity index (χ2v) is 11.5. The number of nitrogens with zero attached hydrogens (tertiary/aromatic N) is 2. The van der Waals surface area contributed by atoms with Crippen molar-refractivity contribution in [2.24, 2.45) is 16.7 Å². The van der Waals surface area contributed by atoms with E-state index < -0.39 is 15.4 Å². The van der Waals surface area contributed by atoms with E-state index in [2.05, 4.69) is 18.7 Å². The summed E-state index contributed by atoms with van der Waals surface area (Å²) in [5, 5.41) is 0. The molecule has 2 bridgehead atoms. The Morgan fingerprint density at radius 3 is 2.38 bits per heavy atom. The second-order valence-electron chi connectivity index (χ2n) is 9.44. The number of hydrogen-bond donors (Lipinski definition) is 0. The number of morpholine rings is 1. The molecule has 2 atom stereocenters. The van der Waals surface area contributed by atoms with E-state index in [4.69, 9.17) is 4.74 Å². The molecule has 3 aliphatic rings. The van der Waals surface area contributed by atoms with Crippen molar-refractivity contribution in [1.29, 1.82) is 0 Å². The van der Waals surface area contributed by atoms with Crippen LogP contribution in [-0.2, 0) is 26.1 Å². The van der Waals surface area contributed by atoms with Crippen LogP contribution in [0.4, 0.5) is 5.69 Å². The Hall–Kier alpha value is -1.44. The first-order chi connectivity index (χ1) is 13.7. The van der Waals surface area contributed by atoms with Crippen LogP contribution in [0.15, 0.2) is 24.3 Å². The lowest BCUT2D eigenvalue weighted by molar-refractivity contribution is -0.128. The maximum absolute atomic E-state index is 13.2. The van der Waals surface area contributed by atoms with E-state index in [0.29, 0.717) is 25.3 Å². The van der Waals surface area contributed by atoms with Crippen LogP contribution in [0, 0.1) is 16.7 Å². The molecule has 1 heterocycles. The Morgan fingerprint density at radius 1 is 1.17 bits per heavy atom. The van der Waals surface area contributed by atoms with E-state index >= 15 is 0 Å². The molecular weight excluding hydrogens is 388 g/mol. The van der Waals surface area contributed by atoms with Gasteiger partial charge in [-0.15, -0.1) is 0 Å². The zero-order valence-electron chi connectivity index (χ0n) is 17.7. The third-order valence-corrected chi connectivity index (χ3v) is 9.70.